The molecular weight excluding hydrogens is 382 g/mol. The summed E-state index contributed by atoms with van der Waals surface area (Å²) in [7, 11) is 0. The van der Waals surface area contributed by atoms with Gasteiger partial charge in [-0.1, -0.05) is 13.8 Å². The lowest BCUT2D eigenvalue weighted by Gasteiger charge is -2.23. The normalized spacial score (nSPS) is 18.7. The number of hydrogen-bond acceptors (Lipinski definition) is 6. The van der Waals surface area contributed by atoms with Crippen molar-refractivity contribution in [1.82, 2.24) is 9.97 Å². The Bertz CT molecular complexity index is 907. The van der Waals surface area contributed by atoms with Crippen LogP contribution in [0.4, 0.5) is 25.3 Å². The fourth-order valence-corrected chi connectivity index (χ4v) is 3.23. The zero-order valence-corrected chi connectivity index (χ0v) is 16.7. The molecule has 1 aromatic carbocycles. The summed E-state index contributed by atoms with van der Waals surface area (Å²) in [6, 6.07) is 2.69. The standard InChI is InChI=1S/C20H24F2N4O3/c1-10(2)13-7-16(22)14(8-15(13)21)11(3)24-19-23-6-5-18(25-19)26-17(12(4)27)9-29-20(26)28/h5-8,10-12,17,27H,9H2,1-4H3,(H,23,24,25)/t11-,12?,17+/m0/s1. The molecule has 29 heavy (non-hydrogen) atoms. The summed E-state index contributed by atoms with van der Waals surface area (Å²) >= 11 is 0. The molecule has 2 aromatic rings. The molecule has 0 saturated carbocycles. The third-order valence-electron chi connectivity index (χ3n) is 4.90. The maximum Gasteiger partial charge on any atom is 0.416 e. The van der Waals surface area contributed by atoms with Gasteiger partial charge in [0.2, 0.25) is 5.95 Å². The average Bonchev–Trinajstić information content (AvgIpc) is 3.05. The van der Waals surface area contributed by atoms with Crippen LogP contribution >= 0.6 is 0 Å². The summed E-state index contributed by atoms with van der Waals surface area (Å²) in [4.78, 5) is 21.7. The molecule has 3 rings (SSSR count). The Labute approximate surface area is 167 Å². The van der Waals surface area contributed by atoms with Crippen LogP contribution in [0.3, 0.4) is 0 Å². The maximum absolute atomic E-state index is 14.5. The Morgan fingerprint density at radius 3 is 2.52 bits per heavy atom. The summed E-state index contributed by atoms with van der Waals surface area (Å²) in [6.07, 6.45) is -0.00441. The topological polar surface area (TPSA) is 87.6 Å². The van der Waals surface area contributed by atoms with Crippen LogP contribution in [0.2, 0.25) is 0 Å². The second-order valence-corrected chi connectivity index (χ2v) is 7.41. The minimum atomic E-state index is -0.816. The van der Waals surface area contributed by atoms with Crippen LogP contribution < -0.4 is 10.2 Å². The van der Waals surface area contributed by atoms with Crippen molar-refractivity contribution in [3.63, 3.8) is 0 Å². The molecule has 1 amide bonds. The Morgan fingerprint density at radius 2 is 1.86 bits per heavy atom. The van der Waals surface area contributed by atoms with E-state index in [0.717, 1.165) is 0 Å². The molecule has 1 unspecified atom stereocenters. The van der Waals surface area contributed by atoms with Crippen molar-refractivity contribution in [1.29, 1.82) is 0 Å². The highest BCUT2D eigenvalue weighted by atomic mass is 19.1. The van der Waals surface area contributed by atoms with Crippen LogP contribution in [0.15, 0.2) is 24.4 Å². The molecule has 1 aliphatic heterocycles. The number of benzene rings is 1. The molecule has 9 heteroatoms. The first-order valence-corrected chi connectivity index (χ1v) is 9.41. The van der Waals surface area contributed by atoms with E-state index in [1.54, 1.807) is 27.7 Å². The van der Waals surface area contributed by atoms with Crippen molar-refractivity contribution in [2.75, 3.05) is 16.8 Å². The van der Waals surface area contributed by atoms with Gasteiger partial charge in [-0.15, -0.1) is 0 Å². The summed E-state index contributed by atoms with van der Waals surface area (Å²) < 4.78 is 33.8. The van der Waals surface area contributed by atoms with Crippen LogP contribution in [0, 0.1) is 11.6 Å². The predicted octanol–water partition coefficient (Wildman–Crippen LogP) is 3.76. The SMILES string of the molecule is CC(C)c1cc(F)c([C@H](C)Nc2nccc(N3C(=O)OC[C@@H]3C(C)O)n2)cc1F. The Hall–Kier alpha value is -2.81. The van der Waals surface area contributed by atoms with E-state index in [1.165, 1.54) is 29.3 Å². The summed E-state index contributed by atoms with van der Waals surface area (Å²) in [6.45, 7) is 6.85. The van der Waals surface area contributed by atoms with Crippen LogP contribution in [0.1, 0.15) is 50.8 Å². The van der Waals surface area contributed by atoms with E-state index in [-0.39, 0.29) is 29.9 Å². The lowest BCUT2D eigenvalue weighted by Crippen LogP contribution is -2.41. The molecule has 0 bridgehead atoms. The van der Waals surface area contributed by atoms with Crippen molar-refractivity contribution >= 4 is 17.9 Å². The van der Waals surface area contributed by atoms with Gasteiger partial charge in [0.15, 0.2) is 0 Å². The van der Waals surface area contributed by atoms with Gasteiger partial charge in [0.05, 0.1) is 12.1 Å². The van der Waals surface area contributed by atoms with Gasteiger partial charge in [-0.2, -0.15) is 4.98 Å². The van der Waals surface area contributed by atoms with Gasteiger partial charge in [-0.3, -0.25) is 4.90 Å². The first kappa shape index (κ1) is 20.9. The average molecular weight is 406 g/mol. The molecule has 1 aliphatic rings. The number of cyclic esters (lactones) is 1. The fourth-order valence-electron chi connectivity index (χ4n) is 3.23. The molecular formula is C20H24F2N4O3. The Balaban J connectivity index is 1.84. The van der Waals surface area contributed by atoms with Crippen molar-refractivity contribution in [3.05, 3.63) is 47.2 Å². The number of anilines is 2. The van der Waals surface area contributed by atoms with E-state index >= 15 is 0 Å². The van der Waals surface area contributed by atoms with Gasteiger partial charge in [0, 0.05) is 11.8 Å². The number of hydrogen-bond donors (Lipinski definition) is 2. The van der Waals surface area contributed by atoms with Gasteiger partial charge in [0.1, 0.15) is 30.1 Å². The van der Waals surface area contributed by atoms with E-state index in [0.29, 0.717) is 5.56 Å². The molecule has 1 aromatic heterocycles. The zero-order valence-electron chi connectivity index (χ0n) is 16.7. The summed E-state index contributed by atoms with van der Waals surface area (Å²) in [5.74, 6) is -0.761. The number of carbonyl (C=O) groups excluding carboxylic acids is 1. The number of aliphatic hydroxyl groups excluding tert-OH is 1. The van der Waals surface area contributed by atoms with E-state index in [9.17, 15) is 18.7 Å². The second-order valence-electron chi connectivity index (χ2n) is 7.41. The smallest absolute Gasteiger partial charge is 0.416 e. The van der Waals surface area contributed by atoms with Crippen molar-refractivity contribution < 1.29 is 23.4 Å². The van der Waals surface area contributed by atoms with E-state index in [1.807, 2.05) is 0 Å². The number of nitrogens with zero attached hydrogens (tertiary/aromatic N) is 3. The molecule has 1 saturated heterocycles. The summed E-state index contributed by atoms with van der Waals surface area (Å²) in [5, 5.41) is 12.8. The minimum absolute atomic E-state index is 0.0480. The molecule has 3 atom stereocenters. The molecule has 7 nitrogen and oxygen atoms in total. The second kappa shape index (κ2) is 8.28. The predicted molar refractivity (Wildman–Crippen MR) is 104 cm³/mol. The maximum atomic E-state index is 14.5. The highest BCUT2D eigenvalue weighted by Crippen LogP contribution is 2.28. The molecule has 2 heterocycles. The summed E-state index contributed by atoms with van der Waals surface area (Å²) in [5.41, 5.74) is 0.455. The first-order chi connectivity index (χ1) is 13.7. The number of halogens is 2. The van der Waals surface area contributed by atoms with Gasteiger partial charge in [-0.25, -0.2) is 18.6 Å². The molecule has 0 radical (unpaired) electrons. The molecule has 0 aliphatic carbocycles. The monoisotopic (exact) mass is 406 g/mol. The Kier molecular flexibility index (Phi) is 5.97. The van der Waals surface area contributed by atoms with Gasteiger partial charge in [-0.05, 0) is 43.5 Å². The number of nitrogens with one attached hydrogen (secondary N) is 1. The van der Waals surface area contributed by atoms with Gasteiger partial charge in [0.25, 0.3) is 0 Å². The zero-order chi connectivity index (χ0) is 21.3. The minimum Gasteiger partial charge on any atom is -0.447 e. The van der Waals surface area contributed by atoms with E-state index < -0.39 is 35.9 Å². The lowest BCUT2D eigenvalue weighted by atomic mass is 9.98. The largest absolute Gasteiger partial charge is 0.447 e. The van der Waals surface area contributed by atoms with Gasteiger partial charge >= 0.3 is 6.09 Å². The van der Waals surface area contributed by atoms with Crippen LogP contribution in [0.25, 0.3) is 0 Å². The van der Waals surface area contributed by atoms with Crippen LogP contribution in [-0.2, 0) is 4.74 Å². The molecule has 0 spiro atoms. The number of aromatic nitrogens is 2. The number of amides is 1. The van der Waals surface area contributed by atoms with E-state index in [2.05, 4.69) is 15.3 Å². The number of aliphatic hydroxyl groups is 1. The number of rotatable bonds is 6. The first-order valence-electron chi connectivity index (χ1n) is 9.41. The number of ether oxygens (including phenoxy) is 1. The third-order valence-corrected chi connectivity index (χ3v) is 4.90. The fraction of sp³-hybridized carbons (Fsp3) is 0.450. The molecule has 2 N–H and O–H groups in total. The quantitative estimate of drug-likeness (QED) is 0.760. The Morgan fingerprint density at radius 1 is 1.21 bits per heavy atom. The van der Waals surface area contributed by atoms with E-state index in [4.69, 9.17) is 4.74 Å². The highest BCUT2D eigenvalue weighted by molar-refractivity contribution is 5.89. The van der Waals surface area contributed by atoms with Crippen molar-refractivity contribution in [2.24, 2.45) is 0 Å². The third kappa shape index (κ3) is 4.29. The lowest BCUT2D eigenvalue weighted by molar-refractivity contribution is 0.142. The van der Waals surface area contributed by atoms with Crippen LogP contribution in [-0.4, -0.2) is 39.9 Å². The molecule has 1 fully saturated rings. The van der Waals surface area contributed by atoms with Crippen molar-refractivity contribution in [2.45, 2.75) is 51.8 Å². The van der Waals surface area contributed by atoms with Crippen molar-refractivity contribution in [3.8, 4) is 0 Å². The van der Waals surface area contributed by atoms with Crippen LogP contribution in [0.5, 0.6) is 0 Å². The number of carbonyl (C=O) groups is 1. The highest BCUT2D eigenvalue weighted by Gasteiger charge is 2.38. The molecule has 156 valence electrons. The van der Waals surface area contributed by atoms with Gasteiger partial charge < -0.3 is 15.2 Å².